The Hall–Kier alpha value is -0.450. The zero-order valence-electron chi connectivity index (χ0n) is 9.07. The largest absolute Gasteiger partial charge is 0.395 e. The van der Waals surface area contributed by atoms with Crippen molar-refractivity contribution in [2.24, 2.45) is 0 Å². The van der Waals surface area contributed by atoms with Crippen molar-refractivity contribution in [2.75, 3.05) is 6.61 Å². The lowest BCUT2D eigenvalue weighted by Gasteiger charge is -2.22. The fourth-order valence-corrected chi connectivity index (χ4v) is 2.62. The summed E-state index contributed by atoms with van der Waals surface area (Å²) in [5.74, 6) is 0.735. The van der Waals surface area contributed by atoms with Crippen molar-refractivity contribution >= 4 is 11.3 Å². The molecule has 1 saturated carbocycles. The number of nitrogens with zero attached hydrogens (tertiary/aromatic N) is 1. The van der Waals surface area contributed by atoms with E-state index in [9.17, 15) is 0 Å². The molecule has 0 radical (unpaired) electrons. The van der Waals surface area contributed by atoms with E-state index in [2.05, 4.69) is 10.3 Å². The summed E-state index contributed by atoms with van der Waals surface area (Å²) < 4.78 is 0. The summed E-state index contributed by atoms with van der Waals surface area (Å²) in [5, 5.41) is 13.4. The Kier molecular flexibility index (Phi) is 3.72. The first-order chi connectivity index (χ1) is 7.29. The molecule has 0 unspecified atom stereocenters. The predicted octanol–water partition coefficient (Wildman–Crippen LogP) is 1.88. The Morgan fingerprint density at radius 3 is 3.07 bits per heavy atom. The summed E-state index contributed by atoms with van der Waals surface area (Å²) in [6, 6.07) is 0.166. The molecule has 1 aromatic heterocycles. The molecular weight excluding hydrogens is 208 g/mol. The zero-order chi connectivity index (χ0) is 10.7. The molecule has 1 aliphatic carbocycles. The first-order valence-corrected chi connectivity index (χ1v) is 6.40. The molecule has 0 amide bonds. The van der Waals surface area contributed by atoms with Crippen LogP contribution in [0, 0.1) is 0 Å². The highest BCUT2D eigenvalue weighted by Gasteiger charge is 2.22. The highest BCUT2D eigenvalue weighted by Crippen LogP contribution is 2.38. The third-order valence-corrected chi connectivity index (χ3v) is 4.08. The van der Waals surface area contributed by atoms with Gasteiger partial charge >= 0.3 is 0 Å². The van der Waals surface area contributed by atoms with Gasteiger partial charge in [-0.2, -0.15) is 0 Å². The van der Waals surface area contributed by atoms with Crippen molar-refractivity contribution in [3.05, 3.63) is 16.1 Å². The number of thiazole rings is 1. The SMILES string of the molecule is C[C@H](CO)NCc1cnc(C2CCC2)s1. The summed E-state index contributed by atoms with van der Waals surface area (Å²) in [5.41, 5.74) is 0. The number of rotatable bonds is 5. The van der Waals surface area contributed by atoms with Gasteiger partial charge in [0.1, 0.15) is 0 Å². The normalized spacial score (nSPS) is 18.8. The molecule has 3 nitrogen and oxygen atoms in total. The van der Waals surface area contributed by atoms with E-state index in [-0.39, 0.29) is 12.6 Å². The summed E-state index contributed by atoms with van der Waals surface area (Å²) in [4.78, 5) is 5.73. The van der Waals surface area contributed by atoms with Crippen LogP contribution in [0.3, 0.4) is 0 Å². The van der Waals surface area contributed by atoms with Crippen molar-refractivity contribution in [1.82, 2.24) is 10.3 Å². The minimum Gasteiger partial charge on any atom is -0.395 e. The van der Waals surface area contributed by atoms with Crippen molar-refractivity contribution in [2.45, 2.75) is 44.7 Å². The number of nitrogens with one attached hydrogen (secondary N) is 1. The second-order valence-electron chi connectivity index (χ2n) is 4.26. The molecule has 0 saturated heterocycles. The van der Waals surface area contributed by atoms with E-state index < -0.39 is 0 Å². The van der Waals surface area contributed by atoms with Gasteiger partial charge in [0.15, 0.2) is 0 Å². The monoisotopic (exact) mass is 226 g/mol. The third kappa shape index (κ3) is 2.77. The molecule has 1 aromatic rings. The van der Waals surface area contributed by atoms with Crippen molar-refractivity contribution in [3.63, 3.8) is 0 Å². The molecule has 1 atom stereocenters. The minimum absolute atomic E-state index is 0.166. The number of aliphatic hydroxyl groups excluding tert-OH is 1. The smallest absolute Gasteiger partial charge is 0.0959 e. The second kappa shape index (κ2) is 5.05. The molecule has 1 heterocycles. The van der Waals surface area contributed by atoms with Gasteiger partial charge in [0.05, 0.1) is 11.6 Å². The van der Waals surface area contributed by atoms with E-state index >= 15 is 0 Å². The number of hydrogen-bond acceptors (Lipinski definition) is 4. The third-order valence-electron chi connectivity index (χ3n) is 2.92. The number of hydrogen-bond donors (Lipinski definition) is 2. The van der Waals surface area contributed by atoms with Gasteiger partial charge in [-0.05, 0) is 19.8 Å². The van der Waals surface area contributed by atoms with Gasteiger partial charge in [0, 0.05) is 29.6 Å². The molecule has 0 aliphatic heterocycles. The van der Waals surface area contributed by atoms with E-state index in [0.717, 1.165) is 12.5 Å². The first kappa shape index (κ1) is 11.0. The molecule has 15 heavy (non-hydrogen) atoms. The topological polar surface area (TPSA) is 45.1 Å². The quantitative estimate of drug-likeness (QED) is 0.806. The van der Waals surface area contributed by atoms with Gasteiger partial charge < -0.3 is 10.4 Å². The summed E-state index contributed by atoms with van der Waals surface area (Å²) in [6.07, 6.45) is 5.95. The van der Waals surface area contributed by atoms with Crippen LogP contribution in [0.25, 0.3) is 0 Å². The Morgan fingerprint density at radius 1 is 1.67 bits per heavy atom. The molecule has 2 rings (SSSR count). The van der Waals surface area contributed by atoms with Crippen LogP contribution in [0.4, 0.5) is 0 Å². The van der Waals surface area contributed by atoms with Crippen LogP contribution < -0.4 is 5.32 Å². The van der Waals surface area contributed by atoms with Crippen LogP contribution in [0.15, 0.2) is 6.20 Å². The molecule has 1 aliphatic rings. The van der Waals surface area contributed by atoms with Gasteiger partial charge in [0.2, 0.25) is 0 Å². The number of aliphatic hydroxyl groups is 1. The van der Waals surface area contributed by atoms with E-state index in [0.29, 0.717) is 0 Å². The van der Waals surface area contributed by atoms with Gasteiger partial charge in [0.25, 0.3) is 0 Å². The molecule has 0 aromatic carbocycles. The van der Waals surface area contributed by atoms with E-state index in [4.69, 9.17) is 5.11 Å². The molecule has 0 bridgehead atoms. The fraction of sp³-hybridized carbons (Fsp3) is 0.727. The molecule has 2 N–H and O–H groups in total. The van der Waals surface area contributed by atoms with E-state index in [1.54, 1.807) is 0 Å². The lowest BCUT2D eigenvalue weighted by Crippen LogP contribution is -2.28. The molecule has 0 spiro atoms. The number of aromatic nitrogens is 1. The van der Waals surface area contributed by atoms with Crippen LogP contribution in [0.2, 0.25) is 0 Å². The minimum atomic E-state index is 0.166. The predicted molar refractivity (Wildman–Crippen MR) is 62.1 cm³/mol. The summed E-state index contributed by atoms with van der Waals surface area (Å²) >= 11 is 1.81. The first-order valence-electron chi connectivity index (χ1n) is 5.58. The summed E-state index contributed by atoms with van der Waals surface area (Å²) in [7, 11) is 0. The summed E-state index contributed by atoms with van der Waals surface area (Å²) in [6.45, 7) is 2.99. The van der Waals surface area contributed by atoms with Crippen LogP contribution in [-0.4, -0.2) is 22.7 Å². The highest BCUT2D eigenvalue weighted by molar-refractivity contribution is 7.11. The zero-order valence-corrected chi connectivity index (χ0v) is 9.89. The van der Waals surface area contributed by atoms with E-state index in [1.807, 2.05) is 24.5 Å². The second-order valence-corrected chi connectivity index (χ2v) is 5.40. The van der Waals surface area contributed by atoms with Gasteiger partial charge in [-0.3, -0.25) is 0 Å². The molecule has 4 heteroatoms. The van der Waals surface area contributed by atoms with Crippen LogP contribution in [0.5, 0.6) is 0 Å². The molecular formula is C11H18N2OS. The van der Waals surface area contributed by atoms with Gasteiger partial charge in [-0.1, -0.05) is 6.42 Å². The maximum atomic E-state index is 8.88. The molecule has 1 fully saturated rings. The average molecular weight is 226 g/mol. The lowest BCUT2D eigenvalue weighted by molar-refractivity contribution is 0.251. The Bertz CT molecular complexity index is 309. The van der Waals surface area contributed by atoms with E-state index in [1.165, 1.54) is 29.1 Å². The van der Waals surface area contributed by atoms with Crippen LogP contribution >= 0.6 is 11.3 Å². The van der Waals surface area contributed by atoms with Crippen molar-refractivity contribution in [3.8, 4) is 0 Å². The average Bonchev–Trinajstić information content (AvgIpc) is 2.60. The van der Waals surface area contributed by atoms with Crippen molar-refractivity contribution < 1.29 is 5.11 Å². The Morgan fingerprint density at radius 2 is 2.47 bits per heavy atom. The fourth-order valence-electron chi connectivity index (χ4n) is 1.59. The standard InChI is InChI=1S/C11H18N2OS/c1-8(7-14)12-5-10-6-13-11(15-10)9-3-2-4-9/h6,8-9,12,14H,2-5,7H2,1H3/t8-/m1/s1. The Labute approximate surface area is 94.5 Å². The van der Waals surface area contributed by atoms with Gasteiger partial charge in [-0.25, -0.2) is 4.98 Å². The molecule has 84 valence electrons. The van der Waals surface area contributed by atoms with Crippen LogP contribution in [0.1, 0.15) is 42.0 Å². The maximum Gasteiger partial charge on any atom is 0.0959 e. The highest BCUT2D eigenvalue weighted by atomic mass is 32.1. The van der Waals surface area contributed by atoms with Crippen LogP contribution in [-0.2, 0) is 6.54 Å². The maximum absolute atomic E-state index is 8.88. The van der Waals surface area contributed by atoms with Crippen molar-refractivity contribution in [1.29, 1.82) is 0 Å². The Balaban J connectivity index is 1.84. The lowest BCUT2D eigenvalue weighted by atomic mass is 9.86. The van der Waals surface area contributed by atoms with Gasteiger partial charge in [-0.15, -0.1) is 11.3 Å².